The molecular weight excluding hydrogens is 377 g/mol. The second kappa shape index (κ2) is 7.71. The van der Waals surface area contributed by atoms with Crippen LogP contribution in [0, 0.1) is 5.82 Å². The molecule has 0 bridgehead atoms. The number of aromatic nitrogens is 2. The van der Waals surface area contributed by atoms with Gasteiger partial charge in [0, 0.05) is 13.1 Å². The van der Waals surface area contributed by atoms with Gasteiger partial charge in [-0.2, -0.15) is 0 Å². The summed E-state index contributed by atoms with van der Waals surface area (Å²) in [6.45, 7) is 3.10. The quantitative estimate of drug-likeness (QED) is 0.630. The normalized spacial score (nSPS) is 18.3. The lowest BCUT2D eigenvalue weighted by atomic mass is 10.1. The van der Waals surface area contributed by atoms with Gasteiger partial charge in [-0.1, -0.05) is 6.07 Å². The van der Waals surface area contributed by atoms with E-state index in [0.29, 0.717) is 17.5 Å². The Kier molecular flexibility index (Phi) is 4.77. The fourth-order valence-electron chi connectivity index (χ4n) is 3.64. The van der Waals surface area contributed by atoms with Crippen molar-refractivity contribution in [3.05, 3.63) is 65.6 Å². The summed E-state index contributed by atoms with van der Waals surface area (Å²) >= 11 is 0. The van der Waals surface area contributed by atoms with Gasteiger partial charge in [0.05, 0.1) is 5.92 Å². The maximum Gasteiger partial charge on any atom is 0.253 e. The molecule has 0 N–H and O–H groups in total. The third kappa shape index (κ3) is 4.02. The van der Waals surface area contributed by atoms with Gasteiger partial charge >= 0.3 is 0 Å². The standard InChI is InChI=1S/C21H20FN3O4/c22-16-2-4-17(5-3-16)26-12-20-23-24-21(29-20)15-7-8-25(11-15)10-14-1-6-18-19(9-14)28-13-27-18/h1-6,9,15H,7-8,10-13H2/t15-/m0/s1. The first kappa shape index (κ1) is 17.9. The minimum absolute atomic E-state index is 0.159. The number of hydrogen-bond donors (Lipinski definition) is 0. The molecule has 150 valence electrons. The highest BCUT2D eigenvalue weighted by Gasteiger charge is 2.28. The van der Waals surface area contributed by atoms with E-state index in [2.05, 4.69) is 21.2 Å². The van der Waals surface area contributed by atoms with Crippen molar-refractivity contribution < 1.29 is 23.0 Å². The lowest BCUT2D eigenvalue weighted by Gasteiger charge is -2.15. The first-order chi connectivity index (χ1) is 14.2. The third-order valence-electron chi connectivity index (χ3n) is 5.12. The zero-order chi connectivity index (χ0) is 19.6. The van der Waals surface area contributed by atoms with Crippen LogP contribution in [0.15, 0.2) is 46.9 Å². The van der Waals surface area contributed by atoms with Crippen LogP contribution in [0.2, 0.25) is 0 Å². The summed E-state index contributed by atoms with van der Waals surface area (Å²) in [4.78, 5) is 2.36. The summed E-state index contributed by atoms with van der Waals surface area (Å²) in [6, 6.07) is 11.9. The second-order valence-electron chi connectivity index (χ2n) is 7.18. The topological polar surface area (TPSA) is 69.9 Å². The average molecular weight is 397 g/mol. The van der Waals surface area contributed by atoms with Crippen LogP contribution in [0.1, 0.15) is 29.7 Å². The van der Waals surface area contributed by atoms with Gasteiger partial charge in [-0.3, -0.25) is 4.90 Å². The summed E-state index contributed by atoms with van der Waals surface area (Å²) in [6.07, 6.45) is 0.963. The molecule has 0 saturated carbocycles. The number of fused-ring (bicyclic) bond motifs is 1. The van der Waals surface area contributed by atoms with Crippen molar-refractivity contribution in [1.82, 2.24) is 15.1 Å². The minimum atomic E-state index is -0.302. The van der Waals surface area contributed by atoms with E-state index in [9.17, 15) is 4.39 Å². The molecule has 3 heterocycles. The van der Waals surface area contributed by atoms with E-state index in [-0.39, 0.29) is 25.1 Å². The average Bonchev–Trinajstić information content (AvgIpc) is 3.48. The van der Waals surface area contributed by atoms with Crippen molar-refractivity contribution in [2.45, 2.75) is 25.5 Å². The van der Waals surface area contributed by atoms with Crippen molar-refractivity contribution in [1.29, 1.82) is 0 Å². The van der Waals surface area contributed by atoms with E-state index in [1.54, 1.807) is 12.1 Å². The molecule has 2 aromatic carbocycles. The SMILES string of the molecule is Fc1ccc(OCc2nnc([C@H]3CCN(Cc4ccc5c(c4)OCO5)C3)o2)cc1. The Balaban J connectivity index is 1.16. The Morgan fingerprint density at radius 2 is 1.93 bits per heavy atom. The van der Waals surface area contributed by atoms with Gasteiger partial charge in [-0.25, -0.2) is 4.39 Å². The summed E-state index contributed by atoms with van der Waals surface area (Å²) in [7, 11) is 0. The summed E-state index contributed by atoms with van der Waals surface area (Å²) in [5.74, 6) is 3.12. The van der Waals surface area contributed by atoms with Gasteiger partial charge in [0.2, 0.25) is 12.7 Å². The molecule has 2 aliphatic heterocycles. The second-order valence-corrected chi connectivity index (χ2v) is 7.18. The van der Waals surface area contributed by atoms with Crippen molar-refractivity contribution in [3.63, 3.8) is 0 Å². The minimum Gasteiger partial charge on any atom is -0.484 e. The fraction of sp³-hybridized carbons (Fsp3) is 0.333. The number of likely N-dealkylation sites (tertiary alicyclic amines) is 1. The molecule has 1 atom stereocenters. The summed E-state index contributed by atoms with van der Waals surface area (Å²) < 4.78 is 35.1. The predicted octanol–water partition coefficient (Wildman–Crippen LogP) is 3.51. The first-order valence-electron chi connectivity index (χ1n) is 9.54. The van der Waals surface area contributed by atoms with E-state index >= 15 is 0 Å². The van der Waals surface area contributed by atoms with Crippen molar-refractivity contribution in [2.24, 2.45) is 0 Å². The molecule has 3 aromatic rings. The Morgan fingerprint density at radius 1 is 1.07 bits per heavy atom. The van der Waals surface area contributed by atoms with E-state index in [4.69, 9.17) is 18.6 Å². The van der Waals surface area contributed by atoms with E-state index < -0.39 is 0 Å². The van der Waals surface area contributed by atoms with Gasteiger partial charge in [0.15, 0.2) is 18.1 Å². The van der Waals surface area contributed by atoms with Crippen LogP contribution in [0.4, 0.5) is 4.39 Å². The molecule has 0 radical (unpaired) electrons. The van der Waals surface area contributed by atoms with Crippen molar-refractivity contribution in [2.75, 3.05) is 19.9 Å². The third-order valence-corrected chi connectivity index (χ3v) is 5.12. The molecule has 7 nitrogen and oxygen atoms in total. The Hall–Kier alpha value is -3.13. The molecular formula is C21H20FN3O4. The van der Waals surface area contributed by atoms with Crippen molar-refractivity contribution in [3.8, 4) is 17.2 Å². The molecule has 29 heavy (non-hydrogen) atoms. The van der Waals surface area contributed by atoms with Crippen LogP contribution in [-0.4, -0.2) is 35.0 Å². The van der Waals surface area contributed by atoms with Crippen LogP contribution in [-0.2, 0) is 13.2 Å². The first-order valence-corrected chi connectivity index (χ1v) is 9.54. The number of ether oxygens (including phenoxy) is 3. The maximum absolute atomic E-state index is 12.9. The number of hydrogen-bond acceptors (Lipinski definition) is 7. The zero-order valence-corrected chi connectivity index (χ0v) is 15.7. The van der Waals surface area contributed by atoms with E-state index in [1.807, 2.05) is 12.1 Å². The number of halogens is 1. The Labute approximate surface area is 167 Å². The molecule has 0 aliphatic carbocycles. The lowest BCUT2D eigenvalue weighted by molar-refractivity contribution is 0.174. The molecule has 0 amide bonds. The summed E-state index contributed by atoms with van der Waals surface area (Å²) in [5, 5.41) is 8.27. The van der Waals surface area contributed by atoms with Gasteiger partial charge in [-0.05, 0) is 54.9 Å². The molecule has 0 spiro atoms. The number of benzene rings is 2. The van der Waals surface area contributed by atoms with Crippen molar-refractivity contribution >= 4 is 0 Å². The Bertz CT molecular complexity index is 992. The van der Waals surface area contributed by atoms with E-state index in [1.165, 1.54) is 17.7 Å². The van der Waals surface area contributed by atoms with Gasteiger partial charge < -0.3 is 18.6 Å². The highest BCUT2D eigenvalue weighted by Crippen LogP contribution is 2.34. The van der Waals surface area contributed by atoms with Crippen LogP contribution < -0.4 is 14.2 Å². The predicted molar refractivity (Wildman–Crippen MR) is 100 cm³/mol. The van der Waals surface area contributed by atoms with Crippen LogP contribution in [0.3, 0.4) is 0 Å². The van der Waals surface area contributed by atoms with Gasteiger partial charge in [0.25, 0.3) is 5.89 Å². The lowest BCUT2D eigenvalue weighted by Crippen LogP contribution is -2.19. The highest BCUT2D eigenvalue weighted by atomic mass is 19.1. The van der Waals surface area contributed by atoms with Gasteiger partial charge in [0.1, 0.15) is 11.6 Å². The zero-order valence-electron chi connectivity index (χ0n) is 15.7. The van der Waals surface area contributed by atoms with Crippen LogP contribution in [0.25, 0.3) is 0 Å². The van der Waals surface area contributed by atoms with Crippen LogP contribution in [0.5, 0.6) is 17.2 Å². The number of rotatable bonds is 6. The number of nitrogens with zero attached hydrogens (tertiary/aromatic N) is 3. The van der Waals surface area contributed by atoms with E-state index in [0.717, 1.165) is 37.6 Å². The molecule has 0 unspecified atom stereocenters. The molecule has 8 heteroatoms. The summed E-state index contributed by atoms with van der Waals surface area (Å²) in [5.41, 5.74) is 1.19. The van der Waals surface area contributed by atoms with Gasteiger partial charge in [-0.15, -0.1) is 10.2 Å². The molecule has 2 aliphatic rings. The Morgan fingerprint density at radius 3 is 2.83 bits per heavy atom. The molecule has 1 aromatic heterocycles. The highest BCUT2D eigenvalue weighted by molar-refractivity contribution is 5.44. The largest absolute Gasteiger partial charge is 0.484 e. The monoisotopic (exact) mass is 397 g/mol. The fourth-order valence-corrected chi connectivity index (χ4v) is 3.64. The molecule has 1 fully saturated rings. The molecule has 1 saturated heterocycles. The molecule has 5 rings (SSSR count). The smallest absolute Gasteiger partial charge is 0.253 e. The maximum atomic E-state index is 12.9. The van der Waals surface area contributed by atoms with Crippen LogP contribution >= 0.6 is 0 Å².